The molecule has 1 unspecified atom stereocenters. The zero-order chi connectivity index (χ0) is 14.5. The summed E-state index contributed by atoms with van der Waals surface area (Å²) in [4.78, 5) is 14.6. The topological polar surface area (TPSA) is 41.6 Å². The Morgan fingerprint density at radius 3 is 2.70 bits per heavy atom. The second kappa shape index (κ2) is 6.86. The van der Waals surface area contributed by atoms with Gasteiger partial charge in [0.05, 0.1) is 6.61 Å². The molecule has 0 aliphatic carbocycles. The minimum Gasteiger partial charge on any atom is -0.465 e. The normalized spacial score (nSPS) is 17.8. The maximum atomic E-state index is 12.4. The highest BCUT2D eigenvalue weighted by Gasteiger charge is 2.31. The first-order valence-corrected chi connectivity index (χ1v) is 7.32. The van der Waals surface area contributed by atoms with Gasteiger partial charge >= 0.3 is 5.97 Å². The first-order valence-electron chi connectivity index (χ1n) is 7.32. The summed E-state index contributed by atoms with van der Waals surface area (Å²) in [6.45, 7) is 10.0. The average molecular weight is 276 g/mol. The number of esters is 1. The molecule has 1 aliphatic heterocycles. The van der Waals surface area contributed by atoms with Gasteiger partial charge in [0.15, 0.2) is 0 Å². The summed E-state index contributed by atoms with van der Waals surface area (Å²) in [7, 11) is 0. The summed E-state index contributed by atoms with van der Waals surface area (Å²) >= 11 is 0. The van der Waals surface area contributed by atoms with Gasteiger partial charge in [-0.1, -0.05) is 18.2 Å². The van der Waals surface area contributed by atoms with Gasteiger partial charge in [-0.05, 0) is 37.5 Å². The number of rotatable bonds is 4. The Balaban J connectivity index is 2.34. The molecule has 0 spiro atoms. The van der Waals surface area contributed by atoms with Crippen LogP contribution in [0.1, 0.15) is 29.7 Å². The van der Waals surface area contributed by atoms with Gasteiger partial charge in [-0.3, -0.25) is 4.90 Å². The van der Waals surface area contributed by atoms with Crippen molar-refractivity contribution in [1.29, 1.82) is 0 Å². The predicted molar refractivity (Wildman–Crippen MR) is 79.7 cm³/mol. The number of ether oxygens (including phenoxy) is 1. The number of piperazine rings is 1. The molecule has 110 valence electrons. The number of carbonyl (C=O) groups excluding carboxylic acids is 1. The van der Waals surface area contributed by atoms with E-state index in [9.17, 15) is 4.79 Å². The van der Waals surface area contributed by atoms with Crippen LogP contribution in [-0.4, -0.2) is 43.7 Å². The molecule has 0 amide bonds. The van der Waals surface area contributed by atoms with E-state index < -0.39 is 0 Å². The molecular weight excluding hydrogens is 252 g/mol. The third kappa shape index (κ3) is 3.19. The van der Waals surface area contributed by atoms with E-state index in [1.807, 2.05) is 19.1 Å². The predicted octanol–water partition coefficient (Wildman–Crippen LogP) is 1.81. The van der Waals surface area contributed by atoms with Crippen LogP contribution in [0.15, 0.2) is 18.2 Å². The van der Waals surface area contributed by atoms with Crippen LogP contribution < -0.4 is 5.32 Å². The van der Waals surface area contributed by atoms with Crippen molar-refractivity contribution in [3.63, 3.8) is 0 Å². The van der Waals surface area contributed by atoms with Gasteiger partial charge < -0.3 is 10.1 Å². The Morgan fingerprint density at radius 2 is 2.05 bits per heavy atom. The zero-order valence-electron chi connectivity index (χ0n) is 12.6. The van der Waals surface area contributed by atoms with Crippen molar-refractivity contribution in [2.24, 2.45) is 0 Å². The molecule has 1 fully saturated rings. The van der Waals surface area contributed by atoms with Crippen molar-refractivity contribution in [3.05, 3.63) is 34.9 Å². The van der Waals surface area contributed by atoms with Crippen molar-refractivity contribution in [2.45, 2.75) is 26.8 Å². The molecule has 1 N–H and O–H groups in total. The first kappa shape index (κ1) is 15.0. The van der Waals surface area contributed by atoms with Crippen molar-refractivity contribution < 1.29 is 9.53 Å². The Kier molecular flexibility index (Phi) is 5.15. The largest absolute Gasteiger partial charge is 0.465 e. The molecule has 4 nitrogen and oxygen atoms in total. The third-order valence-corrected chi connectivity index (χ3v) is 3.97. The van der Waals surface area contributed by atoms with E-state index in [0.717, 1.165) is 31.7 Å². The van der Waals surface area contributed by atoms with E-state index in [0.29, 0.717) is 6.61 Å². The van der Waals surface area contributed by atoms with Crippen LogP contribution in [0.3, 0.4) is 0 Å². The summed E-state index contributed by atoms with van der Waals surface area (Å²) in [6, 6.07) is 5.87. The highest BCUT2D eigenvalue weighted by Crippen LogP contribution is 2.27. The maximum Gasteiger partial charge on any atom is 0.328 e. The first-order chi connectivity index (χ1) is 9.65. The molecule has 1 saturated heterocycles. The van der Waals surface area contributed by atoms with Gasteiger partial charge in [0.2, 0.25) is 0 Å². The van der Waals surface area contributed by atoms with Gasteiger partial charge in [0, 0.05) is 26.2 Å². The Hall–Kier alpha value is -1.39. The molecule has 0 saturated carbocycles. The molecule has 1 heterocycles. The quantitative estimate of drug-likeness (QED) is 0.852. The van der Waals surface area contributed by atoms with Crippen LogP contribution in [-0.2, 0) is 9.53 Å². The molecule has 1 aromatic carbocycles. The number of nitrogens with one attached hydrogen (secondary N) is 1. The summed E-state index contributed by atoms with van der Waals surface area (Å²) in [5, 5.41) is 3.32. The molecular formula is C16H24N2O2. The average Bonchev–Trinajstić information content (AvgIpc) is 2.45. The SMILES string of the molecule is CCOC(=O)C(c1cccc(C)c1C)N1CCNCC1. The molecule has 2 rings (SSSR count). The Labute approximate surface area is 121 Å². The highest BCUT2D eigenvalue weighted by atomic mass is 16.5. The van der Waals surface area contributed by atoms with E-state index in [4.69, 9.17) is 4.74 Å². The lowest BCUT2D eigenvalue weighted by Crippen LogP contribution is -2.47. The van der Waals surface area contributed by atoms with E-state index in [2.05, 4.69) is 30.1 Å². The van der Waals surface area contributed by atoms with Crippen molar-refractivity contribution in [1.82, 2.24) is 10.2 Å². The summed E-state index contributed by atoms with van der Waals surface area (Å²) in [5.41, 5.74) is 3.47. The Morgan fingerprint density at radius 1 is 1.35 bits per heavy atom. The van der Waals surface area contributed by atoms with Crippen LogP contribution in [0.5, 0.6) is 0 Å². The molecule has 0 aromatic heterocycles. The number of hydrogen-bond donors (Lipinski definition) is 1. The third-order valence-electron chi connectivity index (χ3n) is 3.97. The summed E-state index contributed by atoms with van der Waals surface area (Å²) in [6.07, 6.45) is 0. The van der Waals surface area contributed by atoms with Crippen molar-refractivity contribution >= 4 is 5.97 Å². The van der Waals surface area contributed by atoms with E-state index in [-0.39, 0.29) is 12.0 Å². The number of benzene rings is 1. The highest BCUT2D eigenvalue weighted by molar-refractivity contribution is 5.78. The lowest BCUT2D eigenvalue weighted by Gasteiger charge is -2.34. The van der Waals surface area contributed by atoms with Crippen molar-refractivity contribution in [2.75, 3.05) is 32.8 Å². The molecule has 1 atom stereocenters. The minimum absolute atomic E-state index is 0.136. The lowest BCUT2D eigenvalue weighted by molar-refractivity contribution is -0.150. The lowest BCUT2D eigenvalue weighted by atomic mass is 9.96. The van der Waals surface area contributed by atoms with Crippen LogP contribution in [0, 0.1) is 13.8 Å². The van der Waals surface area contributed by atoms with Crippen LogP contribution in [0.25, 0.3) is 0 Å². The molecule has 4 heteroatoms. The number of nitrogens with zero attached hydrogens (tertiary/aromatic N) is 1. The second-order valence-corrected chi connectivity index (χ2v) is 5.23. The molecule has 20 heavy (non-hydrogen) atoms. The second-order valence-electron chi connectivity index (χ2n) is 5.23. The van der Waals surface area contributed by atoms with Crippen LogP contribution in [0.2, 0.25) is 0 Å². The summed E-state index contributed by atoms with van der Waals surface area (Å²) < 4.78 is 5.31. The summed E-state index contributed by atoms with van der Waals surface area (Å²) in [5.74, 6) is -0.136. The number of hydrogen-bond acceptors (Lipinski definition) is 4. The van der Waals surface area contributed by atoms with E-state index >= 15 is 0 Å². The zero-order valence-corrected chi connectivity index (χ0v) is 12.6. The van der Waals surface area contributed by atoms with Gasteiger partial charge in [0.1, 0.15) is 6.04 Å². The van der Waals surface area contributed by atoms with Crippen molar-refractivity contribution in [3.8, 4) is 0 Å². The van der Waals surface area contributed by atoms with Gasteiger partial charge in [-0.25, -0.2) is 4.79 Å². The van der Waals surface area contributed by atoms with Gasteiger partial charge in [-0.2, -0.15) is 0 Å². The Bertz CT molecular complexity index is 468. The maximum absolute atomic E-state index is 12.4. The molecule has 0 bridgehead atoms. The minimum atomic E-state index is -0.281. The van der Waals surface area contributed by atoms with E-state index in [1.54, 1.807) is 0 Å². The van der Waals surface area contributed by atoms with Crippen LogP contribution >= 0.6 is 0 Å². The molecule has 1 aliphatic rings. The smallest absolute Gasteiger partial charge is 0.328 e. The fraction of sp³-hybridized carbons (Fsp3) is 0.562. The number of carbonyl (C=O) groups is 1. The van der Waals surface area contributed by atoms with E-state index in [1.165, 1.54) is 11.1 Å². The van der Waals surface area contributed by atoms with Gasteiger partial charge in [-0.15, -0.1) is 0 Å². The fourth-order valence-corrected chi connectivity index (χ4v) is 2.70. The van der Waals surface area contributed by atoms with Crippen LogP contribution in [0.4, 0.5) is 0 Å². The number of aryl methyl sites for hydroxylation is 1. The fourth-order valence-electron chi connectivity index (χ4n) is 2.70. The molecule has 0 radical (unpaired) electrons. The standard InChI is InChI=1S/C16H24N2O2/c1-4-20-16(19)15(18-10-8-17-9-11-18)14-7-5-6-12(2)13(14)3/h5-7,15,17H,4,8-11H2,1-3H3. The molecule has 1 aromatic rings. The van der Waals surface area contributed by atoms with Gasteiger partial charge in [0.25, 0.3) is 0 Å². The monoisotopic (exact) mass is 276 g/mol.